The van der Waals surface area contributed by atoms with Crippen LogP contribution in [0.25, 0.3) is 11.7 Å². The van der Waals surface area contributed by atoms with Crippen molar-refractivity contribution in [3.63, 3.8) is 0 Å². The average Bonchev–Trinajstić information content (AvgIpc) is 3.24. The van der Waals surface area contributed by atoms with Gasteiger partial charge in [-0.2, -0.15) is 8.42 Å². The number of aromatic nitrogens is 2. The highest BCUT2D eigenvalue weighted by Gasteiger charge is 2.21. The lowest BCUT2D eigenvalue weighted by Gasteiger charge is -2.06. The molecule has 3 rings (SSSR count). The van der Waals surface area contributed by atoms with Crippen molar-refractivity contribution in [3.05, 3.63) is 47.9 Å². The summed E-state index contributed by atoms with van der Waals surface area (Å²) in [5, 5.41) is 7.12. The molecule has 0 amide bonds. The van der Waals surface area contributed by atoms with Crippen molar-refractivity contribution < 1.29 is 26.8 Å². The minimum absolute atomic E-state index is 0.0859. The van der Waals surface area contributed by atoms with E-state index in [1.54, 1.807) is 13.8 Å². The van der Waals surface area contributed by atoms with Crippen LogP contribution in [0.1, 0.15) is 23.2 Å². The summed E-state index contributed by atoms with van der Waals surface area (Å²) in [6.07, 6.45) is 0. The molecule has 0 spiro atoms. The van der Waals surface area contributed by atoms with Crippen LogP contribution >= 0.6 is 0 Å². The van der Waals surface area contributed by atoms with Gasteiger partial charge < -0.3 is 13.6 Å². The van der Waals surface area contributed by atoms with Gasteiger partial charge in [-0.3, -0.25) is 4.72 Å². The van der Waals surface area contributed by atoms with Crippen molar-refractivity contribution >= 4 is 21.7 Å². The van der Waals surface area contributed by atoms with Gasteiger partial charge in [0.2, 0.25) is 11.0 Å². The molecule has 0 aliphatic carbocycles. The Morgan fingerprint density at radius 2 is 1.85 bits per heavy atom. The maximum absolute atomic E-state index is 12.4. The highest BCUT2D eigenvalue weighted by Crippen LogP contribution is 2.25. The van der Waals surface area contributed by atoms with Gasteiger partial charge in [0.05, 0.1) is 12.2 Å². The number of ether oxygens (including phenoxy) is 1. The van der Waals surface area contributed by atoms with Crippen molar-refractivity contribution in [3.8, 4) is 11.7 Å². The largest absolute Gasteiger partial charge is 0.462 e. The molecule has 0 radical (unpaired) electrons. The molecular formula is C16H15N3O6S. The van der Waals surface area contributed by atoms with Gasteiger partial charge in [0, 0.05) is 12.6 Å². The lowest BCUT2D eigenvalue weighted by atomic mass is 10.2. The molecular weight excluding hydrogens is 362 g/mol. The third-order valence-electron chi connectivity index (χ3n) is 3.23. The minimum atomic E-state index is -3.96. The van der Waals surface area contributed by atoms with E-state index in [-0.39, 0.29) is 29.0 Å². The number of nitrogens with zero attached hydrogens (tertiary/aromatic N) is 2. The first-order valence-corrected chi connectivity index (χ1v) is 9.07. The van der Waals surface area contributed by atoms with Crippen LogP contribution in [-0.2, 0) is 14.8 Å². The quantitative estimate of drug-likeness (QED) is 0.650. The molecule has 0 saturated carbocycles. The van der Waals surface area contributed by atoms with Crippen molar-refractivity contribution in [1.29, 1.82) is 0 Å². The number of furan rings is 1. The first-order valence-electron chi connectivity index (χ1n) is 7.59. The van der Waals surface area contributed by atoms with Crippen LogP contribution in [0.3, 0.4) is 0 Å². The average molecular weight is 377 g/mol. The van der Waals surface area contributed by atoms with Crippen LogP contribution < -0.4 is 4.72 Å². The SMILES string of the molecule is CCOC(=O)c1ccc(NS(=O)(=O)c2ccc(-c3nnc(C)o3)o2)cc1. The van der Waals surface area contributed by atoms with Crippen LogP contribution in [0.15, 0.2) is 50.3 Å². The molecule has 2 heterocycles. The summed E-state index contributed by atoms with van der Waals surface area (Å²) >= 11 is 0. The second-order valence-corrected chi connectivity index (χ2v) is 6.76. The maximum Gasteiger partial charge on any atom is 0.338 e. The molecule has 9 nitrogen and oxygen atoms in total. The van der Waals surface area contributed by atoms with Gasteiger partial charge in [0.1, 0.15) is 0 Å². The van der Waals surface area contributed by atoms with Crippen LogP contribution in [0, 0.1) is 6.92 Å². The summed E-state index contributed by atoms with van der Waals surface area (Å²) in [6.45, 7) is 3.57. The van der Waals surface area contributed by atoms with Gasteiger partial charge in [0.25, 0.3) is 15.9 Å². The molecule has 1 N–H and O–H groups in total. The van der Waals surface area contributed by atoms with Gasteiger partial charge in [0.15, 0.2) is 5.76 Å². The smallest absolute Gasteiger partial charge is 0.338 e. The van der Waals surface area contributed by atoms with E-state index in [2.05, 4.69) is 14.9 Å². The molecule has 0 aliphatic rings. The predicted octanol–water partition coefficient (Wildman–Crippen LogP) is 2.62. The molecule has 1 aromatic carbocycles. The van der Waals surface area contributed by atoms with Crippen LogP contribution in [0.2, 0.25) is 0 Å². The number of anilines is 1. The molecule has 0 bridgehead atoms. The number of hydrogen-bond acceptors (Lipinski definition) is 8. The Hall–Kier alpha value is -3.14. The number of hydrogen-bond donors (Lipinski definition) is 1. The molecule has 2 aromatic heterocycles. The topological polar surface area (TPSA) is 125 Å². The van der Waals surface area contributed by atoms with Gasteiger partial charge >= 0.3 is 5.97 Å². The highest BCUT2D eigenvalue weighted by molar-refractivity contribution is 7.92. The van der Waals surface area contributed by atoms with Gasteiger partial charge in [-0.15, -0.1) is 10.2 Å². The second-order valence-electron chi connectivity index (χ2n) is 5.15. The zero-order chi connectivity index (χ0) is 18.7. The van der Waals surface area contributed by atoms with E-state index in [1.165, 1.54) is 36.4 Å². The van der Waals surface area contributed by atoms with E-state index in [0.29, 0.717) is 11.5 Å². The number of sulfonamides is 1. The Balaban J connectivity index is 1.77. The molecule has 26 heavy (non-hydrogen) atoms. The number of carbonyl (C=O) groups is 1. The Morgan fingerprint density at radius 3 is 2.46 bits per heavy atom. The van der Waals surface area contributed by atoms with Gasteiger partial charge in [-0.1, -0.05) is 0 Å². The second kappa shape index (κ2) is 7.00. The fraction of sp³-hybridized carbons (Fsp3) is 0.188. The van der Waals surface area contributed by atoms with Crippen LogP contribution in [0.4, 0.5) is 5.69 Å². The summed E-state index contributed by atoms with van der Waals surface area (Å²) in [6, 6.07) is 8.54. The van der Waals surface area contributed by atoms with Crippen molar-refractivity contribution in [2.75, 3.05) is 11.3 Å². The number of esters is 1. The van der Waals surface area contributed by atoms with E-state index in [9.17, 15) is 13.2 Å². The maximum atomic E-state index is 12.4. The molecule has 3 aromatic rings. The molecule has 0 unspecified atom stereocenters. The summed E-state index contributed by atoms with van der Waals surface area (Å²) in [7, 11) is -3.96. The van der Waals surface area contributed by atoms with E-state index in [4.69, 9.17) is 13.6 Å². The number of rotatable bonds is 6. The van der Waals surface area contributed by atoms with Gasteiger partial charge in [-0.25, -0.2) is 4.79 Å². The van der Waals surface area contributed by atoms with Crippen LogP contribution in [0.5, 0.6) is 0 Å². The van der Waals surface area contributed by atoms with Gasteiger partial charge in [-0.05, 0) is 43.3 Å². The Kier molecular flexibility index (Phi) is 4.76. The summed E-state index contributed by atoms with van der Waals surface area (Å²) in [5.74, 6) is 0.0828. The number of benzene rings is 1. The number of aryl methyl sites for hydroxylation is 1. The molecule has 10 heteroatoms. The summed E-state index contributed by atoms with van der Waals surface area (Å²) < 4.78 is 42.5. The third kappa shape index (κ3) is 3.75. The van der Waals surface area contributed by atoms with E-state index < -0.39 is 16.0 Å². The zero-order valence-corrected chi connectivity index (χ0v) is 14.7. The molecule has 0 fully saturated rings. The lowest BCUT2D eigenvalue weighted by molar-refractivity contribution is 0.0526. The van der Waals surface area contributed by atoms with E-state index in [0.717, 1.165) is 0 Å². The molecule has 0 aliphatic heterocycles. The lowest BCUT2D eigenvalue weighted by Crippen LogP contribution is -2.12. The fourth-order valence-corrected chi connectivity index (χ4v) is 3.06. The summed E-state index contributed by atoms with van der Waals surface area (Å²) in [4.78, 5) is 11.6. The fourth-order valence-electron chi connectivity index (χ4n) is 2.07. The predicted molar refractivity (Wildman–Crippen MR) is 89.9 cm³/mol. The molecule has 136 valence electrons. The standard InChI is InChI=1S/C16H15N3O6S/c1-3-23-16(20)11-4-6-12(7-5-11)19-26(21,22)14-9-8-13(25-14)15-18-17-10(2)24-15/h4-9,19H,3H2,1-2H3. The Bertz CT molecular complexity index is 1020. The Morgan fingerprint density at radius 1 is 1.12 bits per heavy atom. The highest BCUT2D eigenvalue weighted by atomic mass is 32.2. The molecule has 0 saturated heterocycles. The van der Waals surface area contributed by atoms with Crippen molar-refractivity contribution in [2.45, 2.75) is 18.9 Å². The zero-order valence-electron chi connectivity index (χ0n) is 13.9. The first-order chi connectivity index (χ1) is 12.4. The normalized spacial score (nSPS) is 11.3. The number of nitrogens with one attached hydrogen (secondary N) is 1. The van der Waals surface area contributed by atoms with Crippen LogP contribution in [-0.4, -0.2) is 31.2 Å². The monoisotopic (exact) mass is 377 g/mol. The summed E-state index contributed by atoms with van der Waals surface area (Å²) in [5.41, 5.74) is 0.589. The number of carbonyl (C=O) groups excluding carboxylic acids is 1. The third-order valence-corrected chi connectivity index (χ3v) is 4.48. The van der Waals surface area contributed by atoms with E-state index in [1.807, 2.05) is 0 Å². The first kappa shape index (κ1) is 17.7. The Labute approximate surface area is 149 Å². The van der Waals surface area contributed by atoms with E-state index >= 15 is 0 Å². The minimum Gasteiger partial charge on any atom is -0.462 e. The van der Waals surface area contributed by atoms with Crippen molar-refractivity contribution in [2.24, 2.45) is 0 Å². The van der Waals surface area contributed by atoms with Crippen molar-refractivity contribution in [1.82, 2.24) is 10.2 Å². The molecule has 0 atom stereocenters.